The summed E-state index contributed by atoms with van der Waals surface area (Å²) in [6.07, 6.45) is 0. The summed E-state index contributed by atoms with van der Waals surface area (Å²) in [7, 11) is 0. The fraction of sp³-hybridized carbons (Fsp3) is 0. The van der Waals surface area contributed by atoms with Gasteiger partial charge in [0.2, 0.25) is 0 Å². The van der Waals surface area contributed by atoms with Crippen LogP contribution in [0.5, 0.6) is 0 Å². The van der Waals surface area contributed by atoms with Crippen molar-refractivity contribution >= 4 is 92.0 Å². The number of nitrogen functional groups attached to an aromatic ring is 8. The van der Waals surface area contributed by atoms with Gasteiger partial charge in [-0.15, -0.1) is 20.5 Å². The van der Waals surface area contributed by atoms with Crippen LogP contribution in [-0.2, 0) is 0 Å². The van der Waals surface area contributed by atoms with Crippen LogP contribution >= 0.6 is 0 Å². The maximum atomic E-state index is 5.64. The second-order valence-corrected chi connectivity index (χ2v) is 12.7. The van der Waals surface area contributed by atoms with Gasteiger partial charge in [0.1, 0.15) is 46.0 Å². The summed E-state index contributed by atoms with van der Waals surface area (Å²) < 4.78 is 0. The van der Waals surface area contributed by atoms with Crippen molar-refractivity contribution in [3.8, 4) is 0 Å². The van der Waals surface area contributed by atoms with Crippen LogP contribution in [0.4, 0.5) is 92.0 Å². The number of azo groups is 4. The van der Waals surface area contributed by atoms with Gasteiger partial charge in [-0.25, -0.2) is 19.9 Å². The molecule has 8 rings (SSSR count). The van der Waals surface area contributed by atoms with Crippen molar-refractivity contribution < 1.29 is 0 Å². The first-order valence-corrected chi connectivity index (χ1v) is 19.0. The van der Waals surface area contributed by atoms with Crippen LogP contribution in [0.3, 0.4) is 0 Å². The zero-order chi connectivity index (χ0) is 45.5. The Labute approximate surface area is 367 Å². The number of anilines is 8. The van der Waals surface area contributed by atoms with Crippen molar-refractivity contribution in [2.24, 2.45) is 40.9 Å². The van der Waals surface area contributed by atoms with Crippen LogP contribution in [0, 0.1) is 0 Å². The van der Waals surface area contributed by atoms with Crippen molar-refractivity contribution in [3.05, 3.63) is 170 Å². The molecule has 0 unspecified atom stereocenters. The fourth-order valence-electron chi connectivity index (χ4n) is 4.70. The summed E-state index contributed by atoms with van der Waals surface area (Å²) in [4.78, 5) is 15.6. The van der Waals surface area contributed by atoms with E-state index in [0.29, 0.717) is 46.0 Å². The van der Waals surface area contributed by atoms with Gasteiger partial charge in [-0.1, -0.05) is 72.8 Å². The van der Waals surface area contributed by atoms with Crippen molar-refractivity contribution in [2.45, 2.75) is 0 Å². The molecule has 20 heteroatoms. The highest BCUT2D eigenvalue weighted by atomic mass is 15.1. The van der Waals surface area contributed by atoms with Gasteiger partial charge in [0, 0.05) is 0 Å². The predicted octanol–water partition coefficient (Wildman–Crippen LogP) is 10.6. The molecule has 16 N–H and O–H groups in total. The molecule has 64 heavy (non-hydrogen) atoms. The summed E-state index contributed by atoms with van der Waals surface area (Å²) in [5, 5.41) is 32.1. The highest BCUT2D eigenvalue weighted by Gasteiger charge is 2.02. The number of nitrogens with two attached hydrogens (primary N) is 8. The molecule has 0 aliphatic rings. The standard InChI is InChI=1S/4C11H11N5/c4*12-10-7-6-9(11(13)14-10)16-15-8-4-2-1-3-5-8/h4*1-7H,(H4,12,13,14). The molecule has 0 fully saturated rings. The Morgan fingerprint density at radius 1 is 0.219 bits per heavy atom. The molecule has 0 atom stereocenters. The second kappa shape index (κ2) is 23.8. The maximum absolute atomic E-state index is 5.64. The van der Waals surface area contributed by atoms with Gasteiger partial charge in [0.25, 0.3) is 0 Å². The van der Waals surface area contributed by atoms with E-state index in [1.54, 1.807) is 48.5 Å². The summed E-state index contributed by atoms with van der Waals surface area (Å²) >= 11 is 0. The molecule has 0 amide bonds. The monoisotopic (exact) mass is 852 g/mol. The van der Waals surface area contributed by atoms with Gasteiger partial charge in [0.15, 0.2) is 23.3 Å². The van der Waals surface area contributed by atoms with Crippen LogP contribution < -0.4 is 45.9 Å². The first-order valence-electron chi connectivity index (χ1n) is 19.0. The van der Waals surface area contributed by atoms with E-state index < -0.39 is 0 Å². The van der Waals surface area contributed by atoms with E-state index >= 15 is 0 Å². The number of benzene rings is 4. The van der Waals surface area contributed by atoms with Crippen molar-refractivity contribution in [1.29, 1.82) is 0 Å². The van der Waals surface area contributed by atoms with E-state index in [-0.39, 0.29) is 23.3 Å². The van der Waals surface area contributed by atoms with Crippen LogP contribution in [-0.4, -0.2) is 19.9 Å². The average Bonchev–Trinajstić information content (AvgIpc) is 3.30. The molecule has 4 aromatic heterocycles. The minimum absolute atomic E-state index is 0.277. The van der Waals surface area contributed by atoms with Crippen LogP contribution in [0.15, 0.2) is 211 Å². The third-order valence-electron chi connectivity index (χ3n) is 7.81. The molecule has 0 radical (unpaired) electrons. The molecule has 8 aromatic rings. The van der Waals surface area contributed by atoms with Crippen molar-refractivity contribution in [2.75, 3.05) is 45.9 Å². The van der Waals surface area contributed by atoms with Crippen LogP contribution in [0.1, 0.15) is 0 Å². The molecule has 0 saturated heterocycles. The molecule has 0 saturated carbocycles. The lowest BCUT2D eigenvalue weighted by molar-refractivity contribution is 1.21. The SMILES string of the molecule is Nc1ccc(N=Nc2ccccc2)c(N)n1.Nc1ccc(N=Nc2ccccc2)c(N)n1.Nc1ccc(N=Nc2ccccc2)c(N)n1.Nc1ccc(N=Nc2ccccc2)c(N)n1. The lowest BCUT2D eigenvalue weighted by atomic mass is 10.3. The smallest absolute Gasteiger partial charge is 0.153 e. The Bertz CT molecular complexity index is 2420. The van der Waals surface area contributed by atoms with Gasteiger partial charge in [-0.3, -0.25) is 0 Å². The van der Waals surface area contributed by atoms with E-state index in [0.717, 1.165) is 22.7 Å². The summed E-state index contributed by atoms with van der Waals surface area (Å²) in [5.41, 5.74) is 49.5. The minimum Gasteiger partial charge on any atom is -0.384 e. The van der Waals surface area contributed by atoms with Gasteiger partial charge >= 0.3 is 0 Å². The summed E-state index contributed by atoms with van der Waals surface area (Å²) in [6, 6.07) is 50.9. The Morgan fingerprint density at radius 2 is 0.406 bits per heavy atom. The normalized spacial score (nSPS) is 10.8. The Kier molecular flexibility index (Phi) is 16.8. The van der Waals surface area contributed by atoms with Gasteiger partial charge in [-0.2, -0.15) is 20.5 Å². The molecular weight excluding hydrogens is 809 g/mol. The second-order valence-electron chi connectivity index (χ2n) is 12.7. The molecule has 4 aromatic carbocycles. The van der Waals surface area contributed by atoms with Crippen LogP contribution in [0.2, 0.25) is 0 Å². The number of aromatic nitrogens is 4. The number of pyridine rings is 4. The summed E-state index contributed by atoms with van der Waals surface area (Å²) in [5.74, 6) is 2.60. The van der Waals surface area contributed by atoms with E-state index in [1.807, 2.05) is 121 Å². The van der Waals surface area contributed by atoms with E-state index in [4.69, 9.17) is 45.9 Å². The topological polar surface area (TPSA) is 359 Å². The minimum atomic E-state index is 0.277. The lowest BCUT2D eigenvalue weighted by Crippen LogP contribution is -1.95. The van der Waals surface area contributed by atoms with Gasteiger partial charge < -0.3 is 45.9 Å². The Hall–Kier alpha value is -9.72. The molecule has 0 spiro atoms. The van der Waals surface area contributed by atoms with Gasteiger partial charge in [-0.05, 0) is 97.1 Å². The quantitative estimate of drug-likeness (QED) is 0.0661. The zero-order valence-electron chi connectivity index (χ0n) is 34.2. The highest BCUT2D eigenvalue weighted by Crippen LogP contribution is 2.26. The third-order valence-corrected chi connectivity index (χ3v) is 7.81. The van der Waals surface area contributed by atoms with Gasteiger partial charge in [0.05, 0.1) is 22.7 Å². The number of nitrogens with zero attached hydrogens (tertiary/aromatic N) is 12. The molecule has 4 heterocycles. The first kappa shape index (κ1) is 45.4. The number of rotatable bonds is 8. The van der Waals surface area contributed by atoms with Crippen molar-refractivity contribution in [1.82, 2.24) is 19.9 Å². The lowest BCUT2D eigenvalue weighted by Gasteiger charge is -1.98. The van der Waals surface area contributed by atoms with E-state index in [1.165, 1.54) is 0 Å². The Balaban J connectivity index is 0.000000161. The highest BCUT2D eigenvalue weighted by molar-refractivity contribution is 5.62. The Morgan fingerprint density at radius 3 is 0.578 bits per heavy atom. The summed E-state index contributed by atoms with van der Waals surface area (Å²) in [6.45, 7) is 0. The van der Waals surface area contributed by atoms with Crippen molar-refractivity contribution in [3.63, 3.8) is 0 Å². The third kappa shape index (κ3) is 15.5. The number of hydrogen-bond donors (Lipinski definition) is 8. The molecular formula is C44H44N20. The molecule has 0 aliphatic heterocycles. The largest absolute Gasteiger partial charge is 0.384 e. The van der Waals surface area contributed by atoms with Crippen LogP contribution in [0.25, 0.3) is 0 Å². The predicted molar refractivity (Wildman–Crippen MR) is 255 cm³/mol. The maximum Gasteiger partial charge on any atom is 0.153 e. The molecule has 320 valence electrons. The number of hydrogen-bond acceptors (Lipinski definition) is 20. The fourth-order valence-corrected chi connectivity index (χ4v) is 4.70. The molecule has 0 bridgehead atoms. The zero-order valence-corrected chi connectivity index (χ0v) is 34.2. The molecule has 0 aliphatic carbocycles. The first-order chi connectivity index (χ1) is 31.0. The van der Waals surface area contributed by atoms with E-state index in [9.17, 15) is 0 Å². The average molecular weight is 853 g/mol. The van der Waals surface area contributed by atoms with E-state index in [2.05, 4.69) is 60.8 Å². The molecule has 20 nitrogen and oxygen atoms in total.